The van der Waals surface area contributed by atoms with Crippen LogP contribution in [-0.4, -0.2) is 17.7 Å². The molecule has 0 aromatic heterocycles. The van der Waals surface area contributed by atoms with Gasteiger partial charge in [0, 0.05) is 22.9 Å². The van der Waals surface area contributed by atoms with Gasteiger partial charge in [-0.2, -0.15) is 0 Å². The number of hydrogen-bond acceptors (Lipinski definition) is 2. The molecule has 0 aromatic rings. The molecule has 1 heterocycles. The van der Waals surface area contributed by atoms with Crippen LogP contribution in [0.25, 0.3) is 0 Å². The van der Waals surface area contributed by atoms with Crippen LogP contribution < -0.4 is 5.32 Å². The van der Waals surface area contributed by atoms with Gasteiger partial charge in [0.2, 0.25) is 5.91 Å². The van der Waals surface area contributed by atoms with Gasteiger partial charge in [0.1, 0.15) is 5.78 Å². The highest BCUT2D eigenvalue weighted by atomic mass is 16.2. The third-order valence-corrected chi connectivity index (χ3v) is 9.23. The first kappa shape index (κ1) is 17.3. The second-order valence-corrected chi connectivity index (χ2v) is 9.80. The molecule has 3 aliphatic carbocycles. The van der Waals surface area contributed by atoms with E-state index in [0.717, 1.165) is 18.4 Å². The Kier molecular flexibility index (Phi) is 3.76. The first-order valence-electron chi connectivity index (χ1n) is 10.2. The van der Waals surface area contributed by atoms with Crippen LogP contribution in [0.5, 0.6) is 0 Å². The zero-order chi connectivity index (χ0) is 18.1. The second-order valence-electron chi connectivity index (χ2n) is 9.80. The standard InChI is InChI=1S/C22H33NO2/c1-12-13(2)22(5)18-10-11-21(4)16(14(3)24)7-8-17(21)15(18)6-9-19(22)23-20(12)25/h15-19H,6-11H2,1-5H3,(H,23,25)/t15-,16+,17-,18-,19+,21+,22+/m0/s1. The summed E-state index contributed by atoms with van der Waals surface area (Å²) < 4.78 is 0. The van der Waals surface area contributed by atoms with Gasteiger partial charge < -0.3 is 5.32 Å². The van der Waals surface area contributed by atoms with Gasteiger partial charge in [-0.25, -0.2) is 0 Å². The van der Waals surface area contributed by atoms with E-state index in [-0.39, 0.29) is 22.7 Å². The van der Waals surface area contributed by atoms with Crippen molar-refractivity contribution >= 4 is 11.7 Å². The summed E-state index contributed by atoms with van der Waals surface area (Å²) >= 11 is 0. The van der Waals surface area contributed by atoms with E-state index in [1.807, 2.05) is 6.92 Å². The van der Waals surface area contributed by atoms with Gasteiger partial charge in [-0.3, -0.25) is 9.59 Å². The molecule has 4 rings (SSSR count). The topological polar surface area (TPSA) is 46.2 Å². The molecule has 4 aliphatic rings. The van der Waals surface area contributed by atoms with E-state index >= 15 is 0 Å². The molecule has 0 radical (unpaired) electrons. The number of rotatable bonds is 1. The number of Topliss-reactive ketones (excluding diaryl/α,β-unsaturated/α-hetero) is 1. The molecule has 3 nitrogen and oxygen atoms in total. The van der Waals surface area contributed by atoms with Crippen molar-refractivity contribution < 1.29 is 9.59 Å². The molecule has 3 heteroatoms. The van der Waals surface area contributed by atoms with E-state index < -0.39 is 0 Å². The van der Waals surface area contributed by atoms with Crippen molar-refractivity contribution in [3.8, 4) is 0 Å². The Morgan fingerprint density at radius 1 is 1.04 bits per heavy atom. The molecular weight excluding hydrogens is 310 g/mol. The van der Waals surface area contributed by atoms with Gasteiger partial charge in [-0.1, -0.05) is 19.4 Å². The smallest absolute Gasteiger partial charge is 0.247 e. The number of fused-ring (bicyclic) bond motifs is 5. The highest BCUT2D eigenvalue weighted by Gasteiger charge is 2.61. The third kappa shape index (κ3) is 2.10. The van der Waals surface area contributed by atoms with Crippen molar-refractivity contribution in [3.63, 3.8) is 0 Å². The van der Waals surface area contributed by atoms with Crippen LogP contribution in [0, 0.1) is 34.5 Å². The predicted octanol–water partition coefficient (Wildman–Crippen LogP) is 4.27. The molecule has 3 saturated carbocycles. The van der Waals surface area contributed by atoms with Gasteiger partial charge in [-0.15, -0.1) is 0 Å². The van der Waals surface area contributed by atoms with Crippen LogP contribution in [0.1, 0.15) is 73.1 Å². The summed E-state index contributed by atoms with van der Waals surface area (Å²) in [6.45, 7) is 10.8. The Balaban J connectivity index is 1.72. The Hall–Kier alpha value is -1.12. The minimum atomic E-state index is 0.0938. The molecule has 0 bridgehead atoms. The van der Waals surface area contributed by atoms with Crippen molar-refractivity contribution in [1.29, 1.82) is 0 Å². The molecule has 138 valence electrons. The lowest BCUT2D eigenvalue weighted by Crippen LogP contribution is -2.61. The highest BCUT2D eigenvalue weighted by molar-refractivity contribution is 5.95. The van der Waals surface area contributed by atoms with Crippen LogP contribution in [0.3, 0.4) is 0 Å². The maximum atomic E-state index is 12.3. The van der Waals surface area contributed by atoms with E-state index in [1.54, 1.807) is 6.92 Å². The normalized spacial score (nSPS) is 49.2. The highest BCUT2D eigenvalue weighted by Crippen LogP contribution is 2.66. The third-order valence-electron chi connectivity index (χ3n) is 9.23. The molecule has 0 unspecified atom stereocenters. The number of amides is 1. The lowest BCUT2D eigenvalue weighted by atomic mass is 9.46. The SMILES string of the molecule is CC(=O)[C@H]1CC[C@H]2[C@@H]3CC[C@H]4NC(=O)C(C)=C(C)[C@]4(C)[C@H]3CC[C@]12C. The lowest BCUT2D eigenvalue weighted by Gasteiger charge is -2.60. The number of carbonyl (C=O) groups excluding carboxylic acids is 2. The summed E-state index contributed by atoms with van der Waals surface area (Å²) in [6.07, 6.45) is 6.98. The number of ketones is 1. The largest absolute Gasteiger partial charge is 0.349 e. The maximum absolute atomic E-state index is 12.3. The average Bonchev–Trinajstić information content (AvgIpc) is 2.92. The van der Waals surface area contributed by atoms with Crippen molar-refractivity contribution in [1.82, 2.24) is 5.32 Å². The Labute approximate surface area is 152 Å². The summed E-state index contributed by atoms with van der Waals surface area (Å²) in [7, 11) is 0. The molecule has 0 spiro atoms. The van der Waals surface area contributed by atoms with E-state index in [9.17, 15) is 9.59 Å². The second kappa shape index (κ2) is 5.44. The van der Waals surface area contributed by atoms with E-state index in [1.165, 1.54) is 31.3 Å². The molecule has 3 fully saturated rings. The fourth-order valence-corrected chi connectivity index (χ4v) is 7.62. The van der Waals surface area contributed by atoms with Crippen molar-refractivity contribution in [2.75, 3.05) is 0 Å². The number of nitrogens with one attached hydrogen (secondary N) is 1. The minimum absolute atomic E-state index is 0.0938. The fraction of sp³-hybridized carbons (Fsp3) is 0.818. The first-order valence-corrected chi connectivity index (χ1v) is 10.2. The summed E-state index contributed by atoms with van der Waals surface area (Å²) in [4.78, 5) is 24.5. The van der Waals surface area contributed by atoms with Crippen LogP contribution in [0.15, 0.2) is 11.1 Å². The maximum Gasteiger partial charge on any atom is 0.247 e. The quantitative estimate of drug-likeness (QED) is 0.773. The van der Waals surface area contributed by atoms with Crippen LogP contribution in [0.4, 0.5) is 0 Å². The number of carbonyl (C=O) groups is 2. The zero-order valence-corrected chi connectivity index (χ0v) is 16.4. The van der Waals surface area contributed by atoms with Gasteiger partial charge >= 0.3 is 0 Å². The molecule has 1 amide bonds. The van der Waals surface area contributed by atoms with Crippen LogP contribution in [-0.2, 0) is 9.59 Å². The molecule has 0 saturated heterocycles. The van der Waals surface area contributed by atoms with Crippen molar-refractivity contribution in [2.24, 2.45) is 34.5 Å². The van der Waals surface area contributed by atoms with Crippen LogP contribution in [0.2, 0.25) is 0 Å². The Morgan fingerprint density at radius 2 is 1.76 bits per heavy atom. The van der Waals surface area contributed by atoms with E-state index in [0.29, 0.717) is 29.6 Å². The van der Waals surface area contributed by atoms with Crippen molar-refractivity contribution in [2.45, 2.75) is 79.2 Å². The molecule has 7 atom stereocenters. The van der Waals surface area contributed by atoms with E-state index in [4.69, 9.17) is 0 Å². The van der Waals surface area contributed by atoms with Gasteiger partial charge in [-0.05, 0) is 82.5 Å². The molecule has 25 heavy (non-hydrogen) atoms. The Morgan fingerprint density at radius 3 is 2.44 bits per heavy atom. The lowest BCUT2D eigenvalue weighted by molar-refractivity contribution is -0.131. The minimum Gasteiger partial charge on any atom is -0.349 e. The fourth-order valence-electron chi connectivity index (χ4n) is 7.62. The first-order chi connectivity index (χ1) is 11.7. The van der Waals surface area contributed by atoms with Gasteiger partial charge in [0.25, 0.3) is 0 Å². The van der Waals surface area contributed by atoms with E-state index in [2.05, 4.69) is 26.1 Å². The summed E-state index contributed by atoms with van der Waals surface area (Å²) in [5.41, 5.74) is 2.55. The molecular formula is C22H33NO2. The summed E-state index contributed by atoms with van der Waals surface area (Å²) in [6, 6.07) is 0.291. The average molecular weight is 344 g/mol. The zero-order valence-electron chi connectivity index (χ0n) is 16.4. The van der Waals surface area contributed by atoms with Crippen molar-refractivity contribution in [3.05, 3.63) is 11.1 Å². The summed E-state index contributed by atoms with van der Waals surface area (Å²) in [5, 5.41) is 3.32. The predicted molar refractivity (Wildman–Crippen MR) is 98.9 cm³/mol. The van der Waals surface area contributed by atoms with Gasteiger partial charge in [0.15, 0.2) is 0 Å². The molecule has 0 aromatic carbocycles. The Bertz CT molecular complexity index is 665. The molecule has 1 aliphatic heterocycles. The number of hydrogen-bond donors (Lipinski definition) is 1. The summed E-state index contributed by atoms with van der Waals surface area (Å²) in [5.74, 6) is 2.85. The van der Waals surface area contributed by atoms with Gasteiger partial charge in [0.05, 0.1) is 0 Å². The van der Waals surface area contributed by atoms with Crippen LogP contribution >= 0.6 is 0 Å². The monoisotopic (exact) mass is 343 g/mol. The molecule has 1 N–H and O–H groups in total.